The molecule has 0 unspecified atom stereocenters. The normalized spacial score (nSPS) is 14.6. The SMILES string of the molecule is CCCCc1cc(=O)oc2c1C(C(F)(F)F)=NC2. The predicted octanol–water partition coefficient (Wildman–Crippen LogP) is 2.85. The van der Waals surface area contributed by atoms with Gasteiger partial charge in [-0.05, 0) is 18.4 Å². The van der Waals surface area contributed by atoms with Crippen LogP contribution in [0.15, 0.2) is 20.3 Å². The summed E-state index contributed by atoms with van der Waals surface area (Å²) in [6.45, 7) is 1.73. The van der Waals surface area contributed by atoms with Gasteiger partial charge >= 0.3 is 11.8 Å². The zero-order chi connectivity index (χ0) is 13.3. The summed E-state index contributed by atoms with van der Waals surface area (Å²) in [4.78, 5) is 14.7. The fourth-order valence-electron chi connectivity index (χ4n) is 2.02. The molecule has 2 rings (SSSR count). The summed E-state index contributed by atoms with van der Waals surface area (Å²) in [7, 11) is 0. The van der Waals surface area contributed by atoms with Crippen LogP contribution in [-0.2, 0) is 13.0 Å². The number of halogens is 3. The molecule has 1 aliphatic rings. The molecule has 98 valence electrons. The van der Waals surface area contributed by atoms with Crippen molar-refractivity contribution >= 4 is 5.71 Å². The first-order valence-electron chi connectivity index (χ1n) is 5.71. The average Bonchev–Trinajstić information content (AvgIpc) is 2.68. The lowest BCUT2D eigenvalue weighted by Crippen LogP contribution is -2.24. The molecule has 0 atom stereocenters. The maximum atomic E-state index is 12.8. The molecule has 0 aromatic carbocycles. The molecule has 1 aliphatic heterocycles. The Hall–Kier alpha value is -1.59. The van der Waals surface area contributed by atoms with Crippen molar-refractivity contribution in [2.45, 2.75) is 38.9 Å². The summed E-state index contributed by atoms with van der Waals surface area (Å²) in [6.07, 6.45) is -2.51. The summed E-state index contributed by atoms with van der Waals surface area (Å²) < 4.78 is 43.2. The van der Waals surface area contributed by atoms with Crippen molar-refractivity contribution < 1.29 is 17.6 Å². The van der Waals surface area contributed by atoms with Crippen LogP contribution in [-0.4, -0.2) is 11.9 Å². The van der Waals surface area contributed by atoms with Crippen LogP contribution in [0.4, 0.5) is 13.2 Å². The molecule has 1 aromatic heterocycles. The lowest BCUT2D eigenvalue weighted by molar-refractivity contribution is -0.0580. The molecular weight excluding hydrogens is 247 g/mol. The summed E-state index contributed by atoms with van der Waals surface area (Å²) in [6, 6.07) is 1.14. The summed E-state index contributed by atoms with van der Waals surface area (Å²) in [5, 5.41) is 0. The second-order valence-corrected chi connectivity index (χ2v) is 4.15. The average molecular weight is 259 g/mol. The van der Waals surface area contributed by atoms with Crippen LogP contribution in [0.3, 0.4) is 0 Å². The van der Waals surface area contributed by atoms with Crippen molar-refractivity contribution in [3.63, 3.8) is 0 Å². The Balaban J connectivity index is 2.50. The Morgan fingerprint density at radius 3 is 2.78 bits per heavy atom. The third-order valence-electron chi connectivity index (χ3n) is 2.80. The molecule has 0 bridgehead atoms. The smallest absolute Gasteiger partial charge is 0.425 e. The second kappa shape index (κ2) is 4.59. The topological polar surface area (TPSA) is 42.6 Å². The van der Waals surface area contributed by atoms with Gasteiger partial charge in [-0.15, -0.1) is 0 Å². The van der Waals surface area contributed by atoms with Crippen LogP contribution in [0.1, 0.15) is 36.7 Å². The Labute approximate surface area is 101 Å². The van der Waals surface area contributed by atoms with Gasteiger partial charge in [-0.2, -0.15) is 13.2 Å². The van der Waals surface area contributed by atoms with E-state index in [1.54, 1.807) is 0 Å². The van der Waals surface area contributed by atoms with E-state index in [4.69, 9.17) is 4.42 Å². The van der Waals surface area contributed by atoms with E-state index in [0.717, 1.165) is 18.9 Å². The molecule has 0 saturated carbocycles. The van der Waals surface area contributed by atoms with Crippen LogP contribution in [0, 0.1) is 0 Å². The van der Waals surface area contributed by atoms with Gasteiger partial charge < -0.3 is 4.42 Å². The van der Waals surface area contributed by atoms with E-state index < -0.39 is 17.5 Å². The van der Waals surface area contributed by atoms with Gasteiger partial charge in [0, 0.05) is 11.6 Å². The molecule has 0 N–H and O–H groups in total. The number of fused-ring (bicyclic) bond motifs is 1. The maximum absolute atomic E-state index is 12.8. The minimum atomic E-state index is -4.51. The number of rotatable bonds is 3. The highest BCUT2D eigenvalue weighted by Crippen LogP contribution is 2.31. The van der Waals surface area contributed by atoms with Gasteiger partial charge in [-0.1, -0.05) is 13.3 Å². The van der Waals surface area contributed by atoms with Gasteiger partial charge in [0.1, 0.15) is 5.76 Å². The van der Waals surface area contributed by atoms with E-state index in [2.05, 4.69) is 4.99 Å². The minimum Gasteiger partial charge on any atom is -0.425 e. The number of aryl methyl sites for hydroxylation is 1. The van der Waals surface area contributed by atoms with Crippen molar-refractivity contribution in [3.8, 4) is 0 Å². The molecule has 0 saturated heterocycles. The highest BCUT2D eigenvalue weighted by molar-refractivity contribution is 6.07. The molecule has 0 amide bonds. The Morgan fingerprint density at radius 1 is 1.44 bits per heavy atom. The first-order valence-corrected chi connectivity index (χ1v) is 5.71. The lowest BCUT2D eigenvalue weighted by Gasteiger charge is -2.11. The Kier molecular flexibility index (Phi) is 3.28. The molecule has 0 spiro atoms. The van der Waals surface area contributed by atoms with Gasteiger partial charge in [0.25, 0.3) is 0 Å². The Morgan fingerprint density at radius 2 is 2.17 bits per heavy atom. The molecule has 0 fully saturated rings. The van der Waals surface area contributed by atoms with Gasteiger partial charge in [0.15, 0.2) is 5.71 Å². The van der Waals surface area contributed by atoms with E-state index in [0.29, 0.717) is 12.0 Å². The van der Waals surface area contributed by atoms with E-state index in [-0.39, 0.29) is 17.9 Å². The quantitative estimate of drug-likeness (QED) is 0.837. The first kappa shape index (κ1) is 12.9. The number of nitrogens with zero attached hydrogens (tertiary/aromatic N) is 1. The Bertz CT molecular complexity index is 543. The third-order valence-corrected chi connectivity index (χ3v) is 2.80. The largest absolute Gasteiger partial charge is 0.433 e. The van der Waals surface area contributed by atoms with Gasteiger partial charge in [-0.25, -0.2) is 4.79 Å². The van der Waals surface area contributed by atoms with Gasteiger partial charge in [0.05, 0.1) is 6.54 Å². The van der Waals surface area contributed by atoms with Crippen molar-refractivity contribution in [1.29, 1.82) is 0 Å². The van der Waals surface area contributed by atoms with Crippen molar-refractivity contribution in [3.05, 3.63) is 33.4 Å². The molecule has 0 aliphatic carbocycles. The van der Waals surface area contributed by atoms with Crippen LogP contribution < -0.4 is 5.63 Å². The number of hydrogen-bond donors (Lipinski definition) is 0. The van der Waals surface area contributed by atoms with Crippen molar-refractivity contribution in [2.24, 2.45) is 4.99 Å². The number of aliphatic imine (C=N–C) groups is 1. The van der Waals surface area contributed by atoms with Crippen LogP contribution in [0.25, 0.3) is 0 Å². The second-order valence-electron chi connectivity index (χ2n) is 4.15. The fourth-order valence-corrected chi connectivity index (χ4v) is 2.02. The van der Waals surface area contributed by atoms with E-state index >= 15 is 0 Å². The highest BCUT2D eigenvalue weighted by Gasteiger charge is 2.42. The minimum absolute atomic E-state index is 0.0286. The molecule has 18 heavy (non-hydrogen) atoms. The maximum Gasteiger partial charge on any atom is 0.433 e. The first-order chi connectivity index (χ1) is 8.43. The monoisotopic (exact) mass is 259 g/mol. The molecular formula is C12H12F3NO2. The lowest BCUT2D eigenvalue weighted by atomic mass is 9.99. The zero-order valence-electron chi connectivity index (χ0n) is 9.80. The van der Waals surface area contributed by atoms with Crippen LogP contribution >= 0.6 is 0 Å². The predicted molar refractivity (Wildman–Crippen MR) is 59.9 cm³/mol. The van der Waals surface area contributed by atoms with Crippen molar-refractivity contribution in [1.82, 2.24) is 0 Å². The highest BCUT2D eigenvalue weighted by atomic mass is 19.4. The zero-order valence-corrected chi connectivity index (χ0v) is 9.80. The molecule has 2 heterocycles. The fraction of sp³-hybridized carbons (Fsp3) is 0.500. The molecule has 3 nitrogen and oxygen atoms in total. The van der Waals surface area contributed by atoms with Crippen molar-refractivity contribution in [2.75, 3.05) is 0 Å². The standard InChI is InChI=1S/C12H12F3NO2/c1-2-3-4-7-5-9(17)18-8-6-16-11(10(7)8)12(13,14)15/h5H,2-4,6H2,1H3. The van der Waals surface area contributed by atoms with Gasteiger partial charge in [0.2, 0.25) is 0 Å². The van der Waals surface area contributed by atoms with Crippen LogP contribution in [0.5, 0.6) is 0 Å². The van der Waals surface area contributed by atoms with E-state index in [1.165, 1.54) is 0 Å². The molecule has 1 aromatic rings. The van der Waals surface area contributed by atoms with Crippen LogP contribution in [0.2, 0.25) is 0 Å². The molecule has 0 radical (unpaired) electrons. The number of alkyl halides is 3. The summed E-state index contributed by atoms with van der Waals surface area (Å²) in [5.41, 5.74) is -1.18. The molecule has 6 heteroatoms. The number of hydrogen-bond acceptors (Lipinski definition) is 3. The summed E-state index contributed by atoms with van der Waals surface area (Å²) >= 11 is 0. The van der Waals surface area contributed by atoms with E-state index in [1.807, 2.05) is 6.92 Å². The van der Waals surface area contributed by atoms with Gasteiger partial charge in [-0.3, -0.25) is 4.99 Å². The summed E-state index contributed by atoms with van der Waals surface area (Å²) in [5.74, 6) is 0.0286. The number of unbranched alkanes of at least 4 members (excludes halogenated alkanes) is 1. The third kappa shape index (κ3) is 2.32. The van der Waals surface area contributed by atoms with E-state index in [9.17, 15) is 18.0 Å².